The van der Waals surface area contributed by atoms with E-state index in [9.17, 15) is 0 Å². The van der Waals surface area contributed by atoms with Gasteiger partial charge in [-0.3, -0.25) is 0 Å². The highest BCUT2D eigenvalue weighted by molar-refractivity contribution is 5.69. The molecule has 18 heavy (non-hydrogen) atoms. The summed E-state index contributed by atoms with van der Waals surface area (Å²) in [5.41, 5.74) is 5.01. The molecule has 2 nitrogen and oxygen atoms in total. The number of rotatable bonds is 4. The van der Waals surface area contributed by atoms with Gasteiger partial charge in [0.05, 0.1) is 7.11 Å². The Hall–Kier alpha value is -1.80. The predicted octanol–water partition coefficient (Wildman–Crippen LogP) is 3.39. The van der Waals surface area contributed by atoms with Crippen LogP contribution in [0.2, 0.25) is 0 Å². The van der Waals surface area contributed by atoms with E-state index in [0.717, 1.165) is 12.3 Å². The summed E-state index contributed by atoms with van der Waals surface area (Å²) in [6.45, 7) is 2.97. The molecule has 0 spiro atoms. The Labute approximate surface area is 109 Å². The van der Waals surface area contributed by atoms with Gasteiger partial charge in [0.2, 0.25) is 0 Å². The molecule has 0 bridgehead atoms. The number of hydrogen-bond acceptors (Lipinski definition) is 2. The lowest BCUT2D eigenvalue weighted by Crippen LogP contribution is -2.06. The van der Waals surface area contributed by atoms with E-state index in [-0.39, 0.29) is 0 Å². The monoisotopic (exact) mass is 241 g/mol. The molecule has 0 aromatic heterocycles. The first-order valence-corrected chi connectivity index (χ1v) is 6.13. The molecular weight excluding hydrogens is 222 g/mol. The molecule has 0 aliphatic rings. The van der Waals surface area contributed by atoms with E-state index in [1.165, 1.54) is 22.3 Å². The summed E-state index contributed by atoms with van der Waals surface area (Å²) >= 11 is 0. The van der Waals surface area contributed by atoms with Crippen LogP contribution in [0.3, 0.4) is 0 Å². The normalized spacial score (nSPS) is 10.4. The van der Waals surface area contributed by atoms with Crippen LogP contribution in [0.1, 0.15) is 11.1 Å². The maximum absolute atomic E-state index is 5.32. The van der Waals surface area contributed by atoms with Gasteiger partial charge in [-0.15, -0.1) is 0 Å². The minimum absolute atomic E-state index is 0.854. The molecule has 0 amide bonds. The van der Waals surface area contributed by atoms with Crippen molar-refractivity contribution in [3.05, 3.63) is 53.6 Å². The van der Waals surface area contributed by atoms with Gasteiger partial charge in [0.25, 0.3) is 0 Å². The van der Waals surface area contributed by atoms with Crippen molar-refractivity contribution in [1.82, 2.24) is 5.32 Å². The van der Waals surface area contributed by atoms with Crippen LogP contribution < -0.4 is 10.1 Å². The number of benzene rings is 2. The van der Waals surface area contributed by atoms with Crippen LogP contribution in [0.25, 0.3) is 11.1 Å². The van der Waals surface area contributed by atoms with Gasteiger partial charge >= 0.3 is 0 Å². The van der Waals surface area contributed by atoms with E-state index in [1.807, 2.05) is 13.1 Å². The van der Waals surface area contributed by atoms with Crippen LogP contribution in [0.5, 0.6) is 5.75 Å². The van der Waals surface area contributed by atoms with E-state index >= 15 is 0 Å². The smallest absolute Gasteiger partial charge is 0.119 e. The molecule has 0 aliphatic heterocycles. The average molecular weight is 241 g/mol. The first-order valence-electron chi connectivity index (χ1n) is 6.13. The summed E-state index contributed by atoms with van der Waals surface area (Å²) in [7, 11) is 3.66. The van der Waals surface area contributed by atoms with Crippen LogP contribution in [-0.2, 0) is 6.54 Å². The zero-order valence-corrected chi connectivity index (χ0v) is 11.2. The van der Waals surface area contributed by atoms with Crippen molar-refractivity contribution in [2.24, 2.45) is 0 Å². The van der Waals surface area contributed by atoms with Gasteiger partial charge in [0.15, 0.2) is 0 Å². The Bertz CT molecular complexity index is 534. The number of methoxy groups -OCH3 is 1. The molecule has 0 heterocycles. The maximum Gasteiger partial charge on any atom is 0.119 e. The van der Waals surface area contributed by atoms with Crippen LogP contribution in [0.15, 0.2) is 42.5 Å². The fourth-order valence-corrected chi connectivity index (χ4v) is 2.11. The fourth-order valence-electron chi connectivity index (χ4n) is 2.11. The number of nitrogens with one attached hydrogen (secondary N) is 1. The van der Waals surface area contributed by atoms with Crippen molar-refractivity contribution in [3.63, 3.8) is 0 Å². The second-order valence-corrected chi connectivity index (χ2v) is 4.42. The zero-order valence-electron chi connectivity index (χ0n) is 11.2. The third kappa shape index (κ3) is 2.71. The molecule has 2 rings (SSSR count). The molecule has 2 aromatic rings. The molecule has 0 unspecified atom stereocenters. The van der Waals surface area contributed by atoms with Gasteiger partial charge in [-0.25, -0.2) is 0 Å². The molecule has 2 heteroatoms. The lowest BCUT2D eigenvalue weighted by atomic mass is 9.98. The minimum atomic E-state index is 0.854. The largest absolute Gasteiger partial charge is 0.497 e. The topological polar surface area (TPSA) is 21.3 Å². The lowest BCUT2D eigenvalue weighted by Gasteiger charge is -2.12. The first kappa shape index (κ1) is 12.7. The molecule has 1 N–H and O–H groups in total. The van der Waals surface area contributed by atoms with E-state index in [4.69, 9.17) is 4.74 Å². The Balaban J connectivity index is 2.52. The Kier molecular flexibility index (Phi) is 4.00. The maximum atomic E-state index is 5.32. The van der Waals surface area contributed by atoms with Gasteiger partial charge in [0.1, 0.15) is 5.75 Å². The summed E-state index contributed by atoms with van der Waals surface area (Å²) in [5, 5.41) is 3.21. The fraction of sp³-hybridized carbons (Fsp3) is 0.250. The van der Waals surface area contributed by atoms with Gasteiger partial charge < -0.3 is 10.1 Å². The SMILES string of the molecule is CNCc1ccc(OC)cc1-c1cccc(C)c1. The molecule has 0 saturated carbocycles. The molecule has 0 saturated heterocycles. The second kappa shape index (κ2) is 5.69. The van der Waals surface area contributed by atoms with Crippen molar-refractivity contribution in [2.75, 3.05) is 14.2 Å². The summed E-state index contributed by atoms with van der Waals surface area (Å²) in [6.07, 6.45) is 0. The highest BCUT2D eigenvalue weighted by Crippen LogP contribution is 2.28. The van der Waals surface area contributed by atoms with Crippen LogP contribution >= 0.6 is 0 Å². The third-order valence-corrected chi connectivity index (χ3v) is 3.01. The van der Waals surface area contributed by atoms with Crippen molar-refractivity contribution in [3.8, 4) is 16.9 Å². The lowest BCUT2D eigenvalue weighted by molar-refractivity contribution is 0.415. The Morgan fingerprint density at radius 3 is 2.61 bits per heavy atom. The highest BCUT2D eigenvalue weighted by atomic mass is 16.5. The molecule has 94 valence electrons. The van der Waals surface area contributed by atoms with Gasteiger partial charge in [-0.05, 0) is 42.8 Å². The standard InChI is InChI=1S/C16H19NO/c1-12-5-4-6-13(9-12)16-10-15(18-3)8-7-14(16)11-17-2/h4-10,17H,11H2,1-3H3. The van der Waals surface area contributed by atoms with Crippen molar-refractivity contribution >= 4 is 0 Å². The molecular formula is C16H19NO. The molecule has 0 radical (unpaired) electrons. The van der Waals surface area contributed by atoms with Crippen LogP contribution in [0, 0.1) is 6.92 Å². The van der Waals surface area contributed by atoms with Gasteiger partial charge in [-0.2, -0.15) is 0 Å². The Morgan fingerprint density at radius 2 is 1.94 bits per heavy atom. The summed E-state index contributed by atoms with van der Waals surface area (Å²) in [5.74, 6) is 0.895. The summed E-state index contributed by atoms with van der Waals surface area (Å²) in [4.78, 5) is 0. The summed E-state index contributed by atoms with van der Waals surface area (Å²) in [6, 6.07) is 14.8. The van der Waals surface area contributed by atoms with Crippen molar-refractivity contribution in [1.29, 1.82) is 0 Å². The van der Waals surface area contributed by atoms with Crippen molar-refractivity contribution in [2.45, 2.75) is 13.5 Å². The summed E-state index contributed by atoms with van der Waals surface area (Å²) < 4.78 is 5.32. The van der Waals surface area contributed by atoms with E-state index < -0.39 is 0 Å². The van der Waals surface area contributed by atoms with Crippen molar-refractivity contribution < 1.29 is 4.74 Å². The number of aryl methyl sites for hydroxylation is 1. The number of hydrogen-bond donors (Lipinski definition) is 1. The highest BCUT2D eigenvalue weighted by Gasteiger charge is 2.06. The van der Waals surface area contributed by atoms with E-state index in [2.05, 4.69) is 48.6 Å². The Morgan fingerprint density at radius 1 is 1.11 bits per heavy atom. The van der Waals surface area contributed by atoms with E-state index in [0.29, 0.717) is 0 Å². The average Bonchev–Trinajstić information content (AvgIpc) is 2.39. The molecule has 2 aromatic carbocycles. The molecule has 0 aliphatic carbocycles. The third-order valence-electron chi connectivity index (χ3n) is 3.01. The van der Waals surface area contributed by atoms with Gasteiger partial charge in [-0.1, -0.05) is 35.9 Å². The number of ether oxygens (including phenoxy) is 1. The molecule has 0 atom stereocenters. The second-order valence-electron chi connectivity index (χ2n) is 4.42. The van der Waals surface area contributed by atoms with Crippen LogP contribution in [0.4, 0.5) is 0 Å². The predicted molar refractivity (Wildman–Crippen MR) is 75.9 cm³/mol. The first-order chi connectivity index (χ1) is 8.74. The van der Waals surface area contributed by atoms with E-state index in [1.54, 1.807) is 7.11 Å². The molecule has 0 fully saturated rings. The zero-order chi connectivity index (χ0) is 13.0. The minimum Gasteiger partial charge on any atom is -0.497 e. The quantitative estimate of drug-likeness (QED) is 0.886. The van der Waals surface area contributed by atoms with Gasteiger partial charge in [0, 0.05) is 6.54 Å². The van der Waals surface area contributed by atoms with Crippen LogP contribution in [-0.4, -0.2) is 14.2 Å².